The molecule has 0 aliphatic carbocycles. The van der Waals surface area contributed by atoms with Crippen LogP contribution in [0, 0.1) is 0 Å². The van der Waals surface area contributed by atoms with Crippen LogP contribution in [0.4, 0.5) is 0 Å². The molecule has 1 atom stereocenters. The van der Waals surface area contributed by atoms with Crippen LogP contribution in [-0.2, 0) is 21.7 Å². The molecule has 5 rings (SSSR count). The van der Waals surface area contributed by atoms with Gasteiger partial charge in [-0.3, -0.25) is 0 Å². The van der Waals surface area contributed by atoms with Crippen molar-refractivity contribution in [3.63, 3.8) is 0 Å². The number of rotatable bonds is 10. The first-order valence-electron chi connectivity index (χ1n) is 12.4. The third-order valence-electron chi connectivity index (χ3n) is 6.53. The van der Waals surface area contributed by atoms with Crippen LogP contribution in [0.1, 0.15) is 30.0 Å². The van der Waals surface area contributed by atoms with E-state index in [1.54, 1.807) is 63.8 Å². The highest BCUT2D eigenvalue weighted by Gasteiger charge is 2.48. The third-order valence-corrected chi connectivity index (χ3v) is 7.09. The highest BCUT2D eigenvalue weighted by Crippen LogP contribution is 2.47. The number of aliphatic hydroxyl groups is 1. The van der Waals surface area contributed by atoms with Gasteiger partial charge in [0.15, 0.2) is 11.5 Å². The Morgan fingerprint density at radius 1 is 0.923 bits per heavy atom. The third kappa shape index (κ3) is 4.88. The lowest BCUT2D eigenvalue weighted by molar-refractivity contribution is -0.185. The molecule has 0 saturated heterocycles. The normalized spacial score (nSPS) is 16.9. The minimum atomic E-state index is -2.02. The van der Waals surface area contributed by atoms with Crippen molar-refractivity contribution in [2.24, 2.45) is 0 Å². The van der Waals surface area contributed by atoms with Gasteiger partial charge in [0.1, 0.15) is 16.8 Å². The zero-order valence-electron chi connectivity index (χ0n) is 22.0. The molecule has 3 aromatic carbocycles. The van der Waals surface area contributed by atoms with Crippen molar-refractivity contribution in [3.8, 4) is 23.0 Å². The number of nitrogens with zero attached hydrogens (tertiary/aromatic N) is 2. The second-order valence-corrected chi connectivity index (χ2v) is 9.47. The number of esters is 1. The standard InChI is InChI=1S/C29H28N2O7S/c1-5-12-37-27-24(35-3)14-17(15-25(27)36-4)13-21-26(18-6-11-22-23(16-18)31-39-30-22)28(32)38-29(21,33)19-7-9-20(34-2)10-8-19/h6-11,14-16,33H,5,12-13H2,1-4H3. The van der Waals surface area contributed by atoms with Gasteiger partial charge in [-0.1, -0.05) is 13.0 Å². The molecule has 39 heavy (non-hydrogen) atoms. The second-order valence-electron chi connectivity index (χ2n) is 8.94. The first-order chi connectivity index (χ1) is 18.9. The zero-order valence-corrected chi connectivity index (χ0v) is 22.8. The van der Waals surface area contributed by atoms with E-state index in [9.17, 15) is 9.90 Å². The molecule has 0 spiro atoms. The lowest BCUT2D eigenvalue weighted by Gasteiger charge is -2.26. The molecule has 0 fully saturated rings. The quantitative estimate of drug-likeness (QED) is 0.277. The molecule has 10 heteroatoms. The summed E-state index contributed by atoms with van der Waals surface area (Å²) in [5.41, 5.74) is 3.68. The number of aromatic nitrogens is 2. The van der Waals surface area contributed by atoms with E-state index in [0.717, 1.165) is 29.2 Å². The largest absolute Gasteiger partial charge is 0.497 e. The molecule has 0 radical (unpaired) electrons. The number of benzene rings is 3. The van der Waals surface area contributed by atoms with Crippen LogP contribution in [-0.4, -0.2) is 47.8 Å². The highest BCUT2D eigenvalue weighted by molar-refractivity contribution is 7.00. The molecule has 9 nitrogen and oxygen atoms in total. The van der Waals surface area contributed by atoms with Gasteiger partial charge in [0.25, 0.3) is 5.79 Å². The van der Waals surface area contributed by atoms with Gasteiger partial charge in [0.05, 0.1) is 45.2 Å². The van der Waals surface area contributed by atoms with E-state index >= 15 is 0 Å². The lowest BCUT2D eigenvalue weighted by atomic mass is 9.88. The Balaban J connectivity index is 1.67. The number of hydrogen-bond donors (Lipinski definition) is 1. The maximum Gasteiger partial charge on any atom is 0.342 e. The molecular weight excluding hydrogens is 520 g/mol. The Hall–Kier alpha value is -4.15. The first-order valence-corrected chi connectivity index (χ1v) is 13.1. The number of cyclic esters (lactones) is 1. The Morgan fingerprint density at radius 2 is 1.62 bits per heavy atom. The van der Waals surface area contributed by atoms with Crippen LogP contribution >= 0.6 is 11.7 Å². The Labute approximate surface area is 229 Å². The fraction of sp³-hybridized carbons (Fsp3) is 0.276. The van der Waals surface area contributed by atoms with Crippen molar-refractivity contribution in [2.75, 3.05) is 27.9 Å². The van der Waals surface area contributed by atoms with Crippen LogP contribution in [0.5, 0.6) is 23.0 Å². The number of hydrogen-bond acceptors (Lipinski definition) is 10. The summed E-state index contributed by atoms with van der Waals surface area (Å²) >= 11 is 1.09. The molecule has 4 aromatic rings. The predicted octanol–water partition coefficient (Wildman–Crippen LogP) is 4.90. The van der Waals surface area contributed by atoms with Gasteiger partial charge in [0.2, 0.25) is 5.75 Å². The first kappa shape index (κ1) is 26.5. The number of methoxy groups -OCH3 is 3. The van der Waals surface area contributed by atoms with Crippen LogP contribution in [0.25, 0.3) is 16.6 Å². The van der Waals surface area contributed by atoms with Gasteiger partial charge in [0, 0.05) is 17.6 Å². The van der Waals surface area contributed by atoms with Gasteiger partial charge in [-0.15, -0.1) is 0 Å². The van der Waals surface area contributed by atoms with Crippen LogP contribution in [0.2, 0.25) is 0 Å². The molecular formula is C29H28N2O7S. The van der Waals surface area contributed by atoms with Crippen LogP contribution < -0.4 is 18.9 Å². The minimum absolute atomic E-state index is 0.151. The summed E-state index contributed by atoms with van der Waals surface area (Å²) in [5, 5.41) is 12.0. The van der Waals surface area contributed by atoms with Crippen molar-refractivity contribution >= 4 is 34.3 Å². The molecule has 1 aromatic heterocycles. The number of carbonyl (C=O) groups is 1. The molecule has 2 heterocycles. The van der Waals surface area contributed by atoms with Crippen molar-refractivity contribution in [2.45, 2.75) is 25.6 Å². The SMILES string of the molecule is CCCOc1c(OC)cc(CC2=C(c3ccc4nsnc4c3)C(=O)OC2(O)c2ccc(OC)cc2)cc1OC. The van der Waals surface area contributed by atoms with E-state index < -0.39 is 11.8 Å². The van der Waals surface area contributed by atoms with E-state index in [1.807, 2.05) is 19.1 Å². The lowest BCUT2D eigenvalue weighted by Crippen LogP contribution is -2.29. The maximum absolute atomic E-state index is 13.4. The molecule has 1 N–H and O–H groups in total. The average Bonchev–Trinajstić information content (AvgIpc) is 3.53. The predicted molar refractivity (Wildman–Crippen MR) is 146 cm³/mol. The summed E-state index contributed by atoms with van der Waals surface area (Å²) in [6, 6.07) is 15.7. The number of carbonyl (C=O) groups excluding carboxylic acids is 1. The van der Waals surface area contributed by atoms with Gasteiger partial charge < -0.3 is 28.8 Å². The van der Waals surface area contributed by atoms with E-state index in [1.165, 1.54) is 0 Å². The van der Waals surface area contributed by atoms with E-state index in [0.29, 0.717) is 51.8 Å². The van der Waals surface area contributed by atoms with E-state index in [-0.39, 0.29) is 12.0 Å². The molecule has 0 bridgehead atoms. The summed E-state index contributed by atoms with van der Waals surface area (Å²) in [6.07, 6.45) is 0.967. The topological polar surface area (TPSA) is 109 Å². The monoisotopic (exact) mass is 548 g/mol. The molecule has 1 aliphatic rings. The zero-order chi connectivity index (χ0) is 27.6. The highest BCUT2D eigenvalue weighted by atomic mass is 32.1. The minimum Gasteiger partial charge on any atom is -0.497 e. The number of ether oxygens (including phenoxy) is 5. The van der Waals surface area contributed by atoms with Crippen molar-refractivity contribution in [1.82, 2.24) is 8.75 Å². The van der Waals surface area contributed by atoms with Gasteiger partial charge in [-0.2, -0.15) is 8.75 Å². The molecule has 1 aliphatic heterocycles. The number of fused-ring (bicyclic) bond motifs is 1. The van der Waals surface area contributed by atoms with E-state index in [4.69, 9.17) is 23.7 Å². The molecule has 1 unspecified atom stereocenters. The fourth-order valence-electron chi connectivity index (χ4n) is 4.61. The summed E-state index contributed by atoms with van der Waals surface area (Å²) in [4.78, 5) is 13.4. The van der Waals surface area contributed by atoms with Crippen molar-refractivity contribution < 1.29 is 33.6 Å². The van der Waals surface area contributed by atoms with Gasteiger partial charge in [-0.25, -0.2) is 4.79 Å². The van der Waals surface area contributed by atoms with E-state index in [2.05, 4.69) is 8.75 Å². The average molecular weight is 549 g/mol. The Morgan fingerprint density at radius 3 is 2.26 bits per heavy atom. The molecule has 0 saturated carbocycles. The summed E-state index contributed by atoms with van der Waals surface area (Å²) < 4.78 is 36.7. The summed E-state index contributed by atoms with van der Waals surface area (Å²) in [5.74, 6) is -0.610. The molecule has 0 amide bonds. The van der Waals surface area contributed by atoms with Gasteiger partial charge >= 0.3 is 5.97 Å². The van der Waals surface area contributed by atoms with Crippen molar-refractivity contribution in [1.29, 1.82) is 0 Å². The Bertz CT molecular complexity index is 1520. The summed E-state index contributed by atoms with van der Waals surface area (Å²) in [6.45, 7) is 2.51. The van der Waals surface area contributed by atoms with Crippen LogP contribution in [0.15, 0.2) is 60.2 Å². The maximum atomic E-state index is 13.4. The fourth-order valence-corrected chi connectivity index (χ4v) is 5.13. The van der Waals surface area contributed by atoms with Gasteiger partial charge in [-0.05, 0) is 66.1 Å². The smallest absolute Gasteiger partial charge is 0.342 e. The summed E-state index contributed by atoms with van der Waals surface area (Å²) in [7, 11) is 4.66. The second kappa shape index (κ2) is 10.9. The Kier molecular flexibility index (Phi) is 7.40. The van der Waals surface area contributed by atoms with Crippen molar-refractivity contribution in [3.05, 3.63) is 76.9 Å². The molecule has 202 valence electrons. The van der Waals surface area contributed by atoms with Crippen LogP contribution in [0.3, 0.4) is 0 Å².